The van der Waals surface area contributed by atoms with Gasteiger partial charge < -0.3 is 42.1 Å². The van der Waals surface area contributed by atoms with E-state index in [-0.39, 0.29) is 6.42 Å². The van der Waals surface area contributed by atoms with Crippen molar-refractivity contribution in [2.45, 2.75) is 56.6 Å². The van der Waals surface area contributed by atoms with Gasteiger partial charge in [-0.05, 0) is 19.4 Å². The number of benzene rings is 1. The minimum absolute atomic E-state index is 0.00742. The number of carboxylic acids is 1. The van der Waals surface area contributed by atoms with E-state index in [0.717, 1.165) is 0 Å². The molecule has 9 N–H and O–H groups in total. The Morgan fingerprint density at radius 3 is 1.91 bits per heavy atom. The highest BCUT2D eigenvalue weighted by Crippen LogP contribution is 2.06. The van der Waals surface area contributed by atoms with Crippen molar-refractivity contribution >= 4 is 23.7 Å². The Balaban J connectivity index is 3.05. The minimum Gasteiger partial charge on any atom is -0.480 e. The zero-order valence-electron chi connectivity index (χ0n) is 17.8. The normalized spacial score (nSPS) is 16.6. The maximum absolute atomic E-state index is 12.9. The molecule has 0 aliphatic carbocycles. The first-order chi connectivity index (χ1) is 15.0. The van der Waals surface area contributed by atoms with Crippen LogP contribution < -0.4 is 21.7 Å². The topological polar surface area (TPSA) is 211 Å². The summed E-state index contributed by atoms with van der Waals surface area (Å²) in [6.45, 7) is 1.61. The van der Waals surface area contributed by atoms with E-state index in [1.807, 2.05) is 5.32 Å². The lowest BCUT2D eigenvalue weighted by atomic mass is 10.0. The summed E-state index contributed by atoms with van der Waals surface area (Å²) in [5.41, 5.74) is 6.29. The second-order valence-corrected chi connectivity index (χ2v) is 7.33. The fraction of sp³-hybridized carbons (Fsp3) is 0.500. The molecule has 1 rings (SSSR count). The number of nitrogens with one attached hydrogen (secondary N) is 3. The fourth-order valence-electron chi connectivity index (χ4n) is 2.65. The van der Waals surface area contributed by atoms with Gasteiger partial charge in [-0.3, -0.25) is 14.4 Å². The molecule has 3 amide bonds. The second-order valence-electron chi connectivity index (χ2n) is 7.33. The number of carbonyl (C=O) groups is 4. The number of hydrogen-bond donors (Lipinski definition) is 8. The average Bonchev–Trinajstić information content (AvgIpc) is 2.74. The predicted octanol–water partition coefficient (Wildman–Crippen LogP) is -3.15. The van der Waals surface area contributed by atoms with Gasteiger partial charge in [0, 0.05) is 6.42 Å². The summed E-state index contributed by atoms with van der Waals surface area (Å²) in [5.74, 6) is -4.20. The van der Waals surface area contributed by atoms with Gasteiger partial charge in [0.25, 0.3) is 0 Å². The third-order valence-electron chi connectivity index (χ3n) is 4.60. The summed E-state index contributed by atoms with van der Waals surface area (Å²) in [7, 11) is 0. The van der Waals surface area contributed by atoms with E-state index in [2.05, 4.69) is 10.6 Å². The molecule has 1 aromatic carbocycles. The van der Waals surface area contributed by atoms with E-state index in [0.29, 0.717) is 5.56 Å². The highest BCUT2D eigenvalue weighted by atomic mass is 16.4. The standard InChI is InChI=1S/C20H30N4O8/c1-10(26)15(21)18(29)22-13(8-12-6-4-3-5-7-12)17(28)24-16(11(2)27)19(30)23-14(9-25)20(31)32/h3-7,10-11,13-16,25-27H,8-9,21H2,1-2H3,(H,22,29)(H,23,30)(H,24,28)(H,31,32)/t10-,11-,13+,14+,15+,16+/m1/s1. The van der Waals surface area contributed by atoms with Crippen molar-refractivity contribution in [1.29, 1.82) is 0 Å². The van der Waals surface area contributed by atoms with Crippen LogP contribution in [0.1, 0.15) is 19.4 Å². The number of carbonyl (C=O) groups excluding carboxylic acids is 3. The Labute approximate surface area is 184 Å². The summed E-state index contributed by atoms with van der Waals surface area (Å²) in [6.07, 6.45) is -2.61. The molecule has 0 unspecified atom stereocenters. The number of rotatable bonds is 12. The van der Waals surface area contributed by atoms with Gasteiger partial charge in [0.2, 0.25) is 17.7 Å². The van der Waals surface area contributed by atoms with E-state index in [1.165, 1.54) is 13.8 Å². The van der Waals surface area contributed by atoms with Crippen LogP contribution in [0, 0.1) is 0 Å². The average molecular weight is 454 g/mol. The van der Waals surface area contributed by atoms with Gasteiger partial charge in [0.05, 0.1) is 18.8 Å². The van der Waals surface area contributed by atoms with Crippen molar-refractivity contribution in [2.75, 3.05) is 6.61 Å². The van der Waals surface area contributed by atoms with Crippen molar-refractivity contribution in [2.24, 2.45) is 5.73 Å². The molecule has 0 radical (unpaired) electrons. The lowest BCUT2D eigenvalue weighted by Gasteiger charge is -2.26. The molecule has 178 valence electrons. The van der Waals surface area contributed by atoms with Gasteiger partial charge in [-0.15, -0.1) is 0 Å². The first-order valence-corrected chi connectivity index (χ1v) is 9.88. The fourth-order valence-corrected chi connectivity index (χ4v) is 2.65. The number of hydrogen-bond acceptors (Lipinski definition) is 8. The molecule has 0 spiro atoms. The van der Waals surface area contributed by atoms with Crippen LogP contribution in [-0.2, 0) is 25.6 Å². The monoisotopic (exact) mass is 454 g/mol. The molecule has 0 aromatic heterocycles. The lowest BCUT2D eigenvalue weighted by Crippen LogP contribution is -2.61. The summed E-state index contributed by atoms with van der Waals surface area (Å²) >= 11 is 0. The van der Waals surface area contributed by atoms with E-state index in [4.69, 9.17) is 15.9 Å². The smallest absolute Gasteiger partial charge is 0.328 e. The zero-order chi connectivity index (χ0) is 24.4. The first-order valence-electron chi connectivity index (χ1n) is 9.88. The summed E-state index contributed by atoms with van der Waals surface area (Å²) in [4.78, 5) is 48.6. The SMILES string of the molecule is C[C@@H](O)[C@H](N)C(=O)N[C@@H](Cc1ccccc1)C(=O)N[C@H](C(=O)N[C@@H](CO)C(=O)O)[C@@H](C)O. The van der Waals surface area contributed by atoms with E-state index in [9.17, 15) is 29.4 Å². The number of aliphatic hydroxyl groups excluding tert-OH is 3. The van der Waals surface area contributed by atoms with Crippen LogP contribution in [0.25, 0.3) is 0 Å². The first kappa shape index (κ1) is 27.0. The predicted molar refractivity (Wildman–Crippen MR) is 112 cm³/mol. The molecule has 0 aliphatic rings. The molecular formula is C20H30N4O8. The Bertz CT molecular complexity index is 787. The van der Waals surface area contributed by atoms with Crippen LogP contribution in [0.15, 0.2) is 30.3 Å². The van der Waals surface area contributed by atoms with Crippen LogP contribution in [0.3, 0.4) is 0 Å². The third-order valence-corrected chi connectivity index (χ3v) is 4.60. The second kappa shape index (κ2) is 12.7. The molecule has 12 heteroatoms. The third kappa shape index (κ3) is 8.23. The molecule has 1 aromatic rings. The highest BCUT2D eigenvalue weighted by Gasteiger charge is 2.33. The van der Waals surface area contributed by atoms with Crippen molar-refractivity contribution in [3.05, 3.63) is 35.9 Å². The molecule has 0 fully saturated rings. The summed E-state index contributed by atoms with van der Waals surface area (Å²) in [6, 6.07) is 2.88. The van der Waals surface area contributed by atoms with Crippen LogP contribution in [0.5, 0.6) is 0 Å². The lowest BCUT2D eigenvalue weighted by molar-refractivity contribution is -0.144. The van der Waals surface area contributed by atoms with Crippen LogP contribution >= 0.6 is 0 Å². The van der Waals surface area contributed by atoms with Crippen LogP contribution in [0.4, 0.5) is 0 Å². The molecule has 0 aliphatic heterocycles. The quantitative estimate of drug-likeness (QED) is 0.160. The maximum Gasteiger partial charge on any atom is 0.328 e. The number of carboxylic acid groups (broad SMARTS) is 1. The molecule has 0 heterocycles. The van der Waals surface area contributed by atoms with Gasteiger partial charge in [-0.1, -0.05) is 30.3 Å². The molecule has 0 bridgehead atoms. The van der Waals surface area contributed by atoms with Crippen molar-refractivity contribution in [3.8, 4) is 0 Å². The summed E-state index contributed by atoms with van der Waals surface area (Å²) in [5, 5.41) is 44.2. The van der Waals surface area contributed by atoms with Crippen LogP contribution in [-0.4, -0.2) is 87.1 Å². The van der Waals surface area contributed by atoms with E-state index in [1.54, 1.807) is 30.3 Å². The molecule has 0 saturated carbocycles. The molecular weight excluding hydrogens is 424 g/mol. The number of amides is 3. The molecule has 6 atom stereocenters. The van der Waals surface area contributed by atoms with Crippen molar-refractivity contribution < 1.29 is 39.6 Å². The minimum atomic E-state index is -1.63. The number of aliphatic carboxylic acids is 1. The van der Waals surface area contributed by atoms with E-state index >= 15 is 0 Å². The Morgan fingerprint density at radius 1 is 0.875 bits per heavy atom. The van der Waals surface area contributed by atoms with Crippen LogP contribution in [0.2, 0.25) is 0 Å². The van der Waals surface area contributed by atoms with Gasteiger partial charge in [-0.25, -0.2) is 4.79 Å². The summed E-state index contributed by atoms with van der Waals surface area (Å²) < 4.78 is 0. The largest absolute Gasteiger partial charge is 0.480 e. The Hall–Kier alpha value is -3.06. The van der Waals surface area contributed by atoms with Gasteiger partial charge in [-0.2, -0.15) is 0 Å². The molecule has 32 heavy (non-hydrogen) atoms. The van der Waals surface area contributed by atoms with Crippen molar-refractivity contribution in [1.82, 2.24) is 16.0 Å². The number of aliphatic hydroxyl groups is 3. The zero-order valence-corrected chi connectivity index (χ0v) is 17.8. The Morgan fingerprint density at radius 2 is 1.44 bits per heavy atom. The molecule has 12 nitrogen and oxygen atoms in total. The van der Waals surface area contributed by atoms with Crippen molar-refractivity contribution in [3.63, 3.8) is 0 Å². The number of nitrogens with two attached hydrogens (primary N) is 1. The molecule has 0 saturated heterocycles. The van der Waals surface area contributed by atoms with Gasteiger partial charge in [0.15, 0.2) is 0 Å². The van der Waals surface area contributed by atoms with E-state index < -0.39 is 66.7 Å². The van der Waals surface area contributed by atoms with Gasteiger partial charge >= 0.3 is 5.97 Å². The maximum atomic E-state index is 12.9. The highest BCUT2D eigenvalue weighted by molar-refractivity contribution is 5.94. The van der Waals surface area contributed by atoms with Gasteiger partial charge in [0.1, 0.15) is 24.2 Å². The Kier molecular flexibility index (Phi) is 10.7.